The van der Waals surface area contributed by atoms with Crippen molar-refractivity contribution in [2.45, 2.75) is 69.7 Å². The smallest absolute Gasteiger partial charge is 0.251 e. The number of hydrogen-bond acceptors (Lipinski definition) is 4. The van der Waals surface area contributed by atoms with E-state index < -0.39 is 17.7 Å². The molecule has 2 amide bonds. The highest BCUT2D eigenvalue weighted by Crippen LogP contribution is 2.33. The summed E-state index contributed by atoms with van der Waals surface area (Å²) in [6.45, 7) is 4.21. The van der Waals surface area contributed by atoms with Gasteiger partial charge >= 0.3 is 0 Å². The highest BCUT2D eigenvalue weighted by molar-refractivity contribution is 5.86. The second kappa shape index (κ2) is 8.40. The molecule has 1 heterocycles. The molecule has 6 heteroatoms. The molecule has 1 saturated carbocycles. The van der Waals surface area contributed by atoms with E-state index in [9.17, 15) is 14.7 Å². The summed E-state index contributed by atoms with van der Waals surface area (Å²) in [6, 6.07) is 9.05. The first kappa shape index (κ1) is 19.8. The van der Waals surface area contributed by atoms with E-state index in [0.29, 0.717) is 13.0 Å². The van der Waals surface area contributed by atoms with Gasteiger partial charge in [0.25, 0.3) is 5.91 Å². The Morgan fingerprint density at radius 1 is 1.30 bits per heavy atom. The third-order valence-corrected chi connectivity index (χ3v) is 5.64. The molecular formula is C21H30N2O4. The number of amides is 2. The van der Waals surface area contributed by atoms with E-state index in [1.54, 1.807) is 4.90 Å². The molecule has 1 aromatic rings. The summed E-state index contributed by atoms with van der Waals surface area (Å²) < 4.78 is 5.68. The number of rotatable bonds is 6. The molecule has 6 nitrogen and oxygen atoms in total. The number of carbonyl (C=O) groups excluding carboxylic acids is 2. The van der Waals surface area contributed by atoms with Gasteiger partial charge in [-0.1, -0.05) is 43.2 Å². The van der Waals surface area contributed by atoms with E-state index in [1.807, 2.05) is 44.2 Å². The van der Waals surface area contributed by atoms with Crippen LogP contribution in [0.1, 0.15) is 57.6 Å². The highest BCUT2D eigenvalue weighted by Gasteiger charge is 2.42. The van der Waals surface area contributed by atoms with Crippen molar-refractivity contribution >= 4 is 11.8 Å². The number of morpholine rings is 1. The molecule has 3 rings (SSSR count). The van der Waals surface area contributed by atoms with Gasteiger partial charge in [-0.25, -0.2) is 0 Å². The van der Waals surface area contributed by atoms with E-state index in [0.717, 1.165) is 31.2 Å². The van der Waals surface area contributed by atoms with E-state index in [1.165, 1.54) is 0 Å². The van der Waals surface area contributed by atoms with E-state index in [2.05, 4.69) is 5.32 Å². The van der Waals surface area contributed by atoms with Gasteiger partial charge in [-0.2, -0.15) is 0 Å². The fourth-order valence-electron chi connectivity index (χ4n) is 4.24. The Bertz CT molecular complexity index is 655. The lowest BCUT2D eigenvalue weighted by molar-refractivity contribution is -0.167. The van der Waals surface area contributed by atoms with Crippen LogP contribution in [0.4, 0.5) is 0 Å². The average Bonchev–Trinajstić information content (AvgIpc) is 3.08. The fraction of sp³-hybridized carbons (Fsp3) is 0.619. The molecule has 148 valence electrons. The normalized spacial score (nSPS) is 25.0. The van der Waals surface area contributed by atoms with Gasteiger partial charge in [0.05, 0.1) is 11.6 Å². The Labute approximate surface area is 160 Å². The van der Waals surface area contributed by atoms with Crippen LogP contribution in [0, 0.1) is 0 Å². The number of hydrogen-bond donors (Lipinski definition) is 2. The molecule has 2 fully saturated rings. The van der Waals surface area contributed by atoms with E-state index in [4.69, 9.17) is 4.74 Å². The van der Waals surface area contributed by atoms with Crippen molar-refractivity contribution in [2.24, 2.45) is 0 Å². The van der Waals surface area contributed by atoms with Crippen molar-refractivity contribution in [3.05, 3.63) is 35.9 Å². The molecule has 2 N–H and O–H groups in total. The number of carbonyl (C=O) groups is 2. The molecule has 0 radical (unpaired) electrons. The summed E-state index contributed by atoms with van der Waals surface area (Å²) in [5.74, 6) is -0.341. The van der Waals surface area contributed by atoms with Gasteiger partial charge in [0.15, 0.2) is 6.10 Å². The third kappa shape index (κ3) is 4.50. The standard InChI is InChI=1S/C21H30N2O4/c1-15(2)23-17(24)14-27-19(18(23)16-8-4-3-5-9-16)20(25)22-13-12-21(26)10-6-7-11-21/h3-5,8-9,15,18-19,26H,6-7,10-14H2,1-2H3,(H,22,25)/t18-,19+/m1/s1. The largest absolute Gasteiger partial charge is 0.390 e. The van der Waals surface area contributed by atoms with Crippen molar-refractivity contribution in [3.8, 4) is 0 Å². The van der Waals surface area contributed by atoms with Crippen LogP contribution >= 0.6 is 0 Å². The second-order valence-electron chi connectivity index (χ2n) is 7.95. The van der Waals surface area contributed by atoms with Gasteiger partial charge in [-0.05, 0) is 38.7 Å². The van der Waals surface area contributed by atoms with Crippen molar-refractivity contribution < 1.29 is 19.4 Å². The molecule has 1 aromatic carbocycles. The first-order chi connectivity index (χ1) is 12.9. The number of benzene rings is 1. The van der Waals surface area contributed by atoms with Crippen LogP contribution in [0.15, 0.2) is 30.3 Å². The summed E-state index contributed by atoms with van der Waals surface area (Å²) in [4.78, 5) is 27.1. The zero-order chi connectivity index (χ0) is 19.4. The van der Waals surface area contributed by atoms with Gasteiger partial charge in [-0.3, -0.25) is 9.59 Å². The quantitative estimate of drug-likeness (QED) is 0.800. The average molecular weight is 374 g/mol. The summed E-state index contributed by atoms with van der Waals surface area (Å²) in [7, 11) is 0. The topological polar surface area (TPSA) is 78.9 Å². The molecule has 0 bridgehead atoms. The molecule has 1 aliphatic heterocycles. The zero-order valence-corrected chi connectivity index (χ0v) is 16.2. The molecule has 0 aromatic heterocycles. The van der Waals surface area contributed by atoms with Crippen molar-refractivity contribution in [2.75, 3.05) is 13.2 Å². The zero-order valence-electron chi connectivity index (χ0n) is 16.2. The molecule has 1 aliphatic carbocycles. The molecule has 2 atom stereocenters. The molecule has 27 heavy (non-hydrogen) atoms. The minimum Gasteiger partial charge on any atom is -0.390 e. The van der Waals surface area contributed by atoms with Gasteiger partial charge in [0.2, 0.25) is 5.91 Å². The third-order valence-electron chi connectivity index (χ3n) is 5.64. The Kier molecular flexibility index (Phi) is 6.17. The first-order valence-electron chi connectivity index (χ1n) is 9.89. The van der Waals surface area contributed by atoms with Crippen LogP contribution < -0.4 is 5.32 Å². The summed E-state index contributed by atoms with van der Waals surface area (Å²) in [5, 5.41) is 13.4. The van der Waals surface area contributed by atoms with Crippen LogP contribution in [-0.2, 0) is 14.3 Å². The van der Waals surface area contributed by atoms with Crippen molar-refractivity contribution in [1.29, 1.82) is 0 Å². The molecule has 0 spiro atoms. The lowest BCUT2D eigenvalue weighted by Crippen LogP contribution is -2.56. The number of nitrogens with one attached hydrogen (secondary N) is 1. The summed E-state index contributed by atoms with van der Waals surface area (Å²) >= 11 is 0. The maximum atomic E-state index is 12.9. The predicted molar refractivity (Wildman–Crippen MR) is 102 cm³/mol. The van der Waals surface area contributed by atoms with Crippen molar-refractivity contribution in [1.82, 2.24) is 10.2 Å². The predicted octanol–water partition coefficient (Wildman–Crippen LogP) is 2.17. The SMILES string of the molecule is CC(C)N1C(=O)CO[C@H](C(=O)NCCC2(O)CCCC2)[C@H]1c1ccccc1. The summed E-state index contributed by atoms with van der Waals surface area (Å²) in [5.41, 5.74) is 0.230. The fourth-order valence-corrected chi connectivity index (χ4v) is 4.24. The molecule has 2 aliphatic rings. The molecule has 0 unspecified atom stereocenters. The Hall–Kier alpha value is -1.92. The highest BCUT2D eigenvalue weighted by atomic mass is 16.5. The van der Waals surface area contributed by atoms with Gasteiger partial charge in [-0.15, -0.1) is 0 Å². The van der Waals surface area contributed by atoms with Gasteiger partial charge in [0, 0.05) is 12.6 Å². The Morgan fingerprint density at radius 2 is 1.96 bits per heavy atom. The Morgan fingerprint density at radius 3 is 2.59 bits per heavy atom. The first-order valence-corrected chi connectivity index (χ1v) is 9.89. The number of nitrogens with zero attached hydrogens (tertiary/aromatic N) is 1. The van der Waals surface area contributed by atoms with Crippen LogP contribution in [0.2, 0.25) is 0 Å². The van der Waals surface area contributed by atoms with Crippen molar-refractivity contribution in [3.63, 3.8) is 0 Å². The maximum Gasteiger partial charge on any atom is 0.251 e. The molecule has 1 saturated heterocycles. The maximum absolute atomic E-state index is 12.9. The Balaban J connectivity index is 1.72. The van der Waals surface area contributed by atoms with Crippen LogP contribution in [0.5, 0.6) is 0 Å². The lowest BCUT2D eigenvalue weighted by Gasteiger charge is -2.42. The van der Waals surface area contributed by atoms with E-state index >= 15 is 0 Å². The number of aliphatic hydroxyl groups is 1. The summed E-state index contributed by atoms with van der Waals surface area (Å²) in [6.07, 6.45) is 3.46. The van der Waals surface area contributed by atoms with E-state index in [-0.39, 0.29) is 24.5 Å². The van der Waals surface area contributed by atoms with Gasteiger partial charge in [0.1, 0.15) is 6.61 Å². The number of ether oxygens (including phenoxy) is 1. The van der Waals surface area contributed by atoms with Crippen LogP contribution in [0.25, 0.3) is 0 Å². The lowest BCUT2D eigenvalue weighted by atomic mass is 9.95. The monoisotopic (exact) mass is 374 g/mol. The van der Waals surface area contributed by atoms with Crippen LogP contribution in [-0.4, -0.2) is 52.7 Å². The van der Waals surface area contributed by atoms with Gasteiger partial charge < -0.3 is 20.1 Å². The minimum absolute atomic E-state index is 0.0406. The minimum atomic E-state index is -0.759. The van der Waals surface area contributed by atoms with Crippen LogP contribution in [0.3, 0.4) is 0 Å². The molecular weight excluding hydrogens is 344 g/mol. The second-order valence-corrected chi connectivity index (χ2v) is 7.95.